The minimum atomic E-state index is -0.658. The highest BCUT2D eigenvalue weighted by molar-refractivity contribution is 5.95. The van der Waals surface area contributed by atoms with Gasteiger partial charge in [0.1, 0.15) is 11.9 Å². The van der Waals surface area contributed by atoms with E-state index in [4.69, 9.17) is 0 Å². The van der Waals surface area contributed by atoms with E-state index < -0.39 is 12.1 Å². The molecule has 1 fully saturated rings. The normalized spacial score (nSPS) is 14.2. The van der Waals surface area contributed by atoms with E-state index in [0.29, 0.717) is 19.4 Å². The molecule has 1 unspecified atom stereocenters. The van der Waals surface area contributed by atoms with Crippen LogP contribution in [0.4, 0.5) is 14.9 Å². The second-order valence-electron chi connectivity index (χ2n) is 7.83. The summed E-state index contributed by atoms with van der Waals surface area (Å²) in [7, 11) is 0. The Labute approximate surface area is 187 Å². The number of nitrogens with one attached hydrogen (secondary N) is 3. The van der Waals surface area contributed by atoms with E-state index in [9.17, 15) is 18.8 Å². The van der Waals surface area contributed by atoms with Crippen LogP contribution in [0.2, 0.25) is 0 Å². The van der Waals surface area contributed by atoms with E-state index in [1.807, 2.05) is 31.2 Å². The van der Waals surface area contributed by atoms with Crippen LogP contribution in [0.1, 0.15) is 43.7 Å². The summed E-state index contributed by atoms with van der Waals surface area (Å²) in [5.74, 6) is -0.461. The fourth-order valence-corrected chi connectivity index (χ4v) is 3.58. The molecule has 0 radical (unpaired) electrons. The Hall–Kier alpha value is -3.42. The molecule has 4 amide bonds. The van der Waals surface area contributed by atoms with Gasteiger partial charge in [-0.2, -0.15) is 0 Å². The molecule has 2 aromatic carbocycles. The topological polar surface area (TPSA) is 90.5 Å². The monoisotopic (exact) mass is 440 g/mol. The number of anilines is 1. The highest BCUT2D eigenvalue weighted by atomic mass is 19.1. The molecule has 7 nitrogen and oxygen atoms in total. The first-order chi connectivity index (χ1) is 15.5. The predicted molar refractivity (Wildman–Crippen MR) is 120 cm³/mol. The van der Waals surface area contributed by atoms with Gasteiger partial charge in [-0.25, -0.2) is 9.18 Å². The van der Waals surface area contributed by atoms with Crippen LogP contribution < -0.4 is 20.9 Å². The number of carbonyl (C=O) groups excluding carboxylic acids is 3. The van der Waals surface area contributed by atoms with Gasteiger partial charge in [0.25, 0.3) is 0 Å². The maximum Gasteiger partial charge on any atom is 0.315 e. The molecule has 1 saturated heterocycles. The molecule has 1 heterocycles. The third-order valence-corrected chi connectivity index (χ3v) is 5.35. The standard InChI is InChI=1S/C24H29FN4O3/c1-2-4-21(28-24(32)27-16-17-6-10-19(25)11-7-17)23(31)26-15-18-8-12-20(13-9-18)29-14-3-5-22(29)30/h6-13,21H,2-5,14-16H2,1H3,(H,26,31)(H2,27,28,32). The minimum Gasteiger partial charge on any atom is -0.350 e. The van der Waals surface area contributed by atoms with Crippen LogP contribution in [0.25, 0.3) is 0 Å². The van der Waals surface area contributed by atoms with Crippen LogP contribution in [0, 0.1) is 5.82 Å². The maximum atomic E-state index is 13.0. The van der Waals surface area contributed by atoms with E-state index in [1.54, 1.807) is 17.0 Å². The van der Waals surface area contributed by atoms with Gasteiger partial charge in [-0.05, 0) is 48.2 Å². The summed E-state index contributed by atoms with van der Waals surface area (Å²) in [6.45, 7) is 3.24. The largest absolute Gasteiger partial charge is 0.350 e. The zero-order valence-corrected chi connectivity index (χ0v) is 18.2. The summed E-state index contributed by atoms with van der Waals surface area (Å²) in [5, 5.41) is 8.26. The number of hydrogen-bond donors (Lipinski definition) is 3. The molecule has 0 bridgehead atoms. The van der Waals surface area contributed by atoms with E-state index in [-0.39, 0.29) is 24.2 Å². The van der Waals surface area contributed by atoms with Crippen molar-refractivity contribution in [3.05, 3.63) is 65.5 Å². The predicted octanol–water partition coefficient (Wildman–Crippen LogP) is 3.24. The van der Waals surface area contributed by atoms with Crippen molar-refractivity contribution in [1.29, 1.82) is 0 Å². The fraction of sp³-hybridized carbons (Fsp3) is 0.375. The molecule has 3 N–H and O–H groups in total. The lowest BCUT2D eigenvalue weighted by Crippen LogP contribution is -2.49. The van der Waals surface area contributed by atoms with Gasteiger partial charge < -0.3 is 20.9 Å². The van der Waals surface area contributed by atoms with Gasteiger partial charge >= 0.3 is 6.03 Å². The third kappa shape index (κ3) is 6.54. The van der Waals surface area contributed by atoms with Gasteiger partial charge in [0, 0.05) is 31.7 Å². The van der Waals surface area contributed by atoms with Crippen molar-refractivity contribution < 1.29 is 18.8 Å². The number of carbonyl (C=O) groups is 3. The summed E-state index contributed by atoms with van der Waals surface area (Å²) in [6, 6.07) is 12.3. The van der Waals surface area contributed by atoms with E-state index in [1.165, 1.54) is 12.1 Å². The molecule has 32 heavy (non-hydrogen) atoms. The van der Waals surface area contributed by atoms with Gasteiger partial charge in [-0.1, -0.05) is 37.6 Å². The first kappa shape index (κ1) is 23.2. The number of nitrogens with zero attached hydrogens (tertiary/aromatic N) is 1. The summed E-state index contributed by atoms with van der Waals surface area (Å²) in [4.78, 5) is 38.5. The Bertz CT molecular complexity index is 931. The lowest BCUT2D eigenvalue weighted by molar-refractivity contribution is -0.123. The van der Waals surface area contributed by atoms with Crippen molar-refractivity contribution in [2.75, 3.05) is 11.4 Å². The van der Waals surface area contributed by atoms with E-state index in [0.717, 1.165) is 36.2 Å². The van der Waals surface area contributed by atoms with Crippen molar-refractivity contribution in [1.82, 2.24) is 16.0 Å². The molecular formula is C24H29FN4O3. The van der Waals surface area contributed by atoms with Gasteiger partial charge in [0.15, 0.2) is 0 Å². The Morgan fingerprint density at radius 2 is 1.62 bits per heavy atom. The van der Waals surface area contributed by atoms with Crippen LogP contribution >= 0.6 is 0 Å². The number of halogens is 1. The maximum absolute atomic E-state index is 13.0. The zero-order valence-electron chi connectivity index (χ0n) is 18.2. The van der Waals surface area contributed by atoms with Crippen molar-refractivity contribution in [3.8, 4) is 0 Å². The van der Waals surface area contributed by atoms with Crippen molar-refractivity contribution in [2.24, 2.45) is 0 Å². The number of amides is 4. The number of urea groups is 1. The second kappa shape index (κ2) is 11.3. The van der Waals surface area contributed by atoms with Crippen LogP contribution in [-0.4, -0.2) is 30.4 Å². The van der Waals surface area contributed by atoms with E-state index in [2.05, 4.69) is 16.0 Å². The number of hydrogen-bond acceptors (Lipinski definition) is 3. The van der Waals surface area contributed by atoms with Crippen molar-refractivity contribution >= 4 is 23.5 Å². The SMILES string of the molecule is CCCC(NC(=O)NCc1ccc(F)cc1)C(=O)NCc1ccc(N2CCCC2=O)cc1. The second-order valence-corrected chi connectivity index (χ2v) is 7.83. The number of rotatable bonds is 9. The lowest BCUT2D eigenvalue weighted by atomic mass is 10.1. The van der Waals surface area contributed by atoms with Crippen LogP contribution in [-0.2, 0) is 22.7 Å². The molecular weight excluding hydrogens is 411 g/mol. The average Bonchev–Trinajstić information content (AvgIpc) is 3.23. The Morgan fingerprint density at radius 1 is 1.00 bits per heavy atom. The Kier molecular flexibility index (Phi) is 8.19. The Morgan fingerprint density at radius 3 is 2.22 bits per heavy atom. The van der Waals surface area contributed by atoms with Crippen molar-refractivity contribution in [2.45, 2.75) is 51.7 Å². The summed E-state index contributed by atoms with van der Waals surface area (Å²) < 4.78 is 13.0. The molecule has 8 heteroatoms. The van der Waals surface area contributed by atoms with Gasteiger partial charge in [-0.3, -0.25) is 9.59 Å². The van der Waals surface area contributed by atoms with Crippen LogP contribution in [0.15, 0.2) is 48.5 Å². The highest BCUT2D eigenvalue weighted by Gasteiger charge is 2.22. The van der Waals surface area contributed by atoms with E-state index >= 15 is 0 Å². The zero-order chi connectivity index (χ0) is 22.9. The molecule has 0 aromatic heterocycles. The molecule has 2 aromatic rings. The quantitative estimate of drug-likeness (QED) is 0.559. The Balaban J connectivity index is 1.48. The average molecular weight is 441 g/mol. The highest BCUT2D eigenvalue weighted by Crippen LogP contribution is 2.21. The van der Waals surface area contributed by atoms with Crippen LogP contribution in [0.5, 0.6) is 0 Å². The molecule has 0 spiro atoms. The van der Waals surface area contributed by atoms with Gasteiger partial charge in [0.05, 0.1) is 0 Å². The molecule has 0 aliphatic carbocycles. The summed E-state index contributed by atoms with van der Waals surface area (Å²) in [5.41, 5.74) is 2.54. The molecule has 1 aliphatic heterocycles. The summed E-state index contributed by atoms with van der Waals surface area (Å²) in [6.07, 6.45) is 2.70. The van der Waals surface area contributed by atoms with Crippen molar-refractivity contribution in [3.63, 3.8) is 0 Å². The number of benzene rings is 2. The molecule has 1 atom stereocenters. The van der Waals surface area contributed by atoms with Gasteiger partial charge in [-0.15, -0.1) is 0 Å². The minimum absolute atomic E-state index is 0.136. The molecule has 0 saturated carbocycles. The van der Waals surface area contributed by atoms with Crippen LogP contribution in [0.3, 0.4) is 0 Å². The third-order valence-electron chi connectivity index (χ3n) is 5.35. The fourth-order valence-electron chi connectivity index (χ4n) is 3.58. The van der Waals surface area contributed by atoms with Gasteiger partial charge in [0.2, 0.25) is 11.8 Å². The smallest absolute Gasteiger partial charge is 0.315 e. The first-order valence-corrected chi connectivity index (χ1v) is 10.9. The first-order valence-electron chi connectivity index (χ1n) is 10.9. The molecule has 170 valence electrons. The molecule has 3 rings (SSSR count). The molecule has 1 aliphatic rings. The lowest BCUT2D eigenvalue weighted by Gasteiger charge is -2.19. The summed E-state index contributed by atoms with van der Waals surface area (Å²) >= 11 is 0.